The molecular formula is C15H14BrClN2O5S. The number of benzene rings is 1. The molecule has 1 unspecified atom stereocenters. The molecule has 10 heteroatoms. The molecule has 25 heavy (non-hydrogen) atoms. The van der Waals surface area contributed by atoms with Gasteiger partial charge in [0.1, 0.15) is 11.1 Å². The van der Waals surface area contributed by atoms with Gasteiger partial charge in [-0.25, -0.2) is 18.2 Å². The molecule has 0 radical (unpaired) electrons. The number of nitrogens with one attached hydrogen (secondary N) is 1. The topological polar surface area (TPSA) is 96.7 Å². The molecule has 0 aliphatic carbocycles. The average Bonchev–Trinajstić information content (AvgIpc) is 2.50. The van der Waals surface area contributed by atoms with Gasteiger partial charge in [0.15, 0.2) is 9.84 Å². The average molecular weight is 450 g/mol. The Balaban J connectivity index is 1.94. The van der Waals surface area contributed by atoms with E-state index in [2.05, 4.69) is 21.4 Å². The van der Waals surface area contributed by atoms with E-state index in [0.717, 1.165) is 4.47 Å². The SMILES string of the molecule is CC1CS(=O)(=O)CCN1NC(=O)c1c(Cl)c2cc(Br)ccc2oc1=O. The van der Waals surface area contributed by atoms with E-state index in [1.54, 1.807) is 25.1 Å². The molecule has 1 N–H and O–H groups in total. The highest BCUT2D eigenvalue weighted by Crippen LogP contribution is 2.28. The Morgan fingerprint density at radius 2 is 2.16 bits per heavy atom. The van der Waals surface area contributed by atoms with Crippen molar-refractivity contribution < 1.29 is 17.6 Å². The van der Waals surface area contributed by atoms with E-state index in [4.69, 9.17) is 16.0 Å². The fourth-order valence-corrected chi connectivity index (χ4v) is 4.91. The first-order valence-electron chi connectivity index (χ1n) is 7.38. The van der Waals surface area contributed by atoms with E-state index < -0.39 is 27.4 Å². The monoisotopic (exact) mass is 448 g/mol. The van der Waals surface area contributed by atoms with Crippen molar-refractivity contribution in [1.29, 1.82) is 0 Å². The zero-order valence-corrected chi connectivity index (χ0v) is 16.2. The molecule has 2 heterocycles. The molecule has 3 rings (SSSR count). The van der Waals surface area contributed by atoms with Crippen LogP contribution in [0.25, 0.3) is 11.0 Å². The number of hydrazine groups is 1. The number of hydrogen-bond donors (Lipinski definition) is 1. The molecule has 1 saturated heterocycles. The van der Waals surface area contributed by atoms with Crippen LogP contribution in [0.2, 0.25) is 5.02 Å². The molecule has 0 bridgehead atoms. The van der Waals surface area contributed by atoms with E-state index in [0.29, 0.717) is 5.39 Å². The van der Waals surface area contributed by atoms with Crippen molar-refractivity contribution >= 4 is 54.2 Å². The van der Waals surface area contributed by atoms with Gasteiger partial charge in [-0.15, -0.1) is 0 Å². The van der Waals surface area contributed by atoms with Crippen molar-refractivity contribution in [2.45, 2.75) is 13.0 Å². The standard InChI is InChI=1S/C15H14BrClN2O5S/c1-8-7-25(22,23)5-4-19(8)18-14(20)12-13(17)10-6-9(16)2-3-11(10)24-15(12)21/h2-3,6,8H,4-5,7H2,1H3,(H,18,20). The molecular weight excluding hydrogens is 436 g/mol. The molecule has 1 amide bonds. The molecule has 1 aromatic heterocycles. The third-order valence-corrected chi connectivity index (χ3v) is 6.63. The van der Waals surface area contributed by atoms with Crippen molar-refractivity contribution in [3.8, 4) is 0 Å². The Hall–Kier alpha value is -1.42. The minimum absolute atomic E-state index is 0.0117. The number of halogens is 2. The summed E-state index contributed by atoms with van der Waals surface area (Å²) in [5.41, 5.74) is 1.66. The lowest BCUT2D eigenvalue weighted by atomic mass is 10.2. The Morgan fingerprint density at radius 3 is 2.84 bits per heavy atom. The van der Waals surface area contributed by atoms with E-state index in [9.17, 15) is 18.0 Å². The molecule has 134 valence electrons. The van der Waals surface area contributed by atoms with Gasteiger partial charge in [0.05, 0.1) is 16.5 Å². The van der Waals surface area contributed by atoms with Gasteiger partial charge >= 0.3 is 5.63 Å². The van der Waals surface area contributed by atoms with E-state index in [-0.39, 0.29) is 34.2 Å². The first-order chi connectivity index (χ1) is 11.7. The third kappa shape index (κ3) is 3.74. The summed E-state index contributed by atoms with van der Waals surface area (Å²) < 4.78 is 29.1. The maximum Gasteiger partial charge on any atom is 0.350 e. The van der Waals surface area contributed by atoms with Gasteiger partial charge in [-0.05, 0) is 25.1 Å². The smallest absolute Gasteiger partial charge is 0.350 e. The molecule has 7 nitrogen and oxygen atoms in total. The van der Waals surface area contributed by atoms with Crippen LogP contribution >= 0.6 is 27.5 Å². The second-order valence-corrected chi connectivity index (χ2v) is 9.34. The van der Waals surface area contributed by atoms with Crippen molar-refractivity contribution in [2.75, 3.05) is 18.1 Å². The fraction of sp³-hybridized carbons (Fsp3) is 0.333. The van der Waals surface area contributed by atoms with Crippen LogP contribution in [-0.4, -0.2) is 43.4 Å². The number of fused-ring (bicyclic) bond motifs is 1. The van der Waals surface area contributed by atoms with Crippen molar-refractivity contribution in [3.05, 3.63) is 43.7 Å². The number of sulfone groups is 1. The normalized spacial score (nSPS) is 20.5. The molecule has 0 spiro atoms. The first-order valence-corrected chi connectivity index (χ1v) is 10.4. The van der Waals surface area contributed by atoms with Crippen LogP contribution in [0.15, 0.2) is 31.9 Å². The lowest BCUT2D eigenvalue weighted by Crippen LogP contribution is -2.55. The van der Waals surface area contributed by atoms with E-state index >= 15 is 0 Å². The highest BCUT2D eigenvalue weighted by Gasteiger charge is 2.30. The van der Waals surface area contributed by atoms with Gasteiger partial charge in [0, 0.05) is 22.4 Å². The van der Waals surface area contributed by atoms with Crippen molar-refractivity contribution in [1.82, 2.24) is 10.4 Å². The fourth-order valence-electron chi connectivity index (χ4n) is 2.68. The molecule has 1 aromatic carbocycles. The summed E-state index contributed by atoms with van der Waals surface area (Å²) in [6.45, 7) is 1.82. The quantitative estimate of drug-likeness (QED) is 0.704. The Morgan fingerprint density at radius 1 is 1.44 bits per heavy atom. The summed E-state index contributed by atoms with van der Waals surface area (Å²) in [5, 5.41) is 1.90. The Kier molecular flexibility index (Phi) is 4.93. The van der Waals surface area contributed by atoms with Crippen LogP contribution in [0.1, 0.15) is 17.3 Å². The third-order valence-electron chi connectivity index (χ3n) is 3.95. The number of rotatable bonds is 2. The number of hydrogen-bond acceptors (Lipinski definition) is 6. The van der Waals surface area contributed by atoms with Gasteiger partial charge in [-0.2, -0.15) is 0 Å². The summed E-state index contributed by atoms with van der Waals surface area (Å²) in [6, 6.07) is 4.50. The Labute approximate surface area is 157 Å². The minimum Gasteiger partial charge on any atom is -0.422 e. The van der Waals surface area contributed by atoms with Crippen molar-refractivity contribution in [2.24, 2.45) is 0 Å². The van der Waals surface area contributed by atoms with Gasteiger partial charge in [-0.1, -0.05) is 27.5 Å². The van der Waals surface area contributed by atoms with Gasteiger partial charge < -0.3 is 4.42 Å². The van der Waals surface area contributed by atoms with Gasteiger partial charge in [-0.3, -0.25) is 10.2 Å². The van der Waals surface area contributed by atoms with Crippen LogP contribution in [0.3, 0.4) is 0 Å². The molecule has 1 aliphatic heterocycles. The molecule has 1 aliphatic rings. The maximum atomic E-state index is 12.5. The highest BCUT2D eigenvalue weighted by atomic mass is 79.9. The van der Waals surface area contributed by atoms with Crippen LogP contribution in [0, 0.1) is 0 Å². The summed E-state index contributed by atoms with van der Waals surface area (Å²) in [7, 11) is -3.12. The number of nitrogens with zero attached hydrogens (tertiary/aromatic N) is 1. The number of carbonyl (C=O) groups is 1. The zero-order valence-electron chi connectivity index (χ0n) is 13.1. The van der Waals surface area contributed by atoms with Crippen LogP contribution in [-0.2, 0) is 9.84 Å². The van der Waals surface area contributed by atoms with Crippen LogP contribution in [0.5, 0.6) is 0 Å². The summed E-state index contributed by atoms with van der Waals surface area (Å²) >= 11 is 9.56. The van der Waals surface area contributed by atoms with Crippen LogP contribution in [0.4, 0.5) is 0 Å². The lowest BCUT2D eigenvalue weighted by molar-refractivity contribution is 0.0727. The second kappa shape index (κ2) is 6.71. The van der Waals surface area contributed by atoms with Crippen molar-refractivity contribution in [3.63, 3.8) is 0 Å². The predicted octanol–water partition coefficient (Wildman–Crippen LogP) is 1.97. The summed E-state index contributed by atoms with van der Waals surface area (Å²) in [5.74, 6) is -0.864. The molecule has 1 atom stereocenters. The molecule has 2 aromatic rings. The predicted molar refractivity (Wildman–Crippen MR) is 97.5 cm³/mol. The van der Waals surface area contributed by atoms with Gasteiger partial charge in [0.25, 0.3) is 5.91 Å². The van der Waals surface area contributed by atoms with Crippen LogP contribution < -0.4 is 11.1 Å². The van der Waals surface area contributed by atoms with Gasteiger partial charge in [0.2, 0.25) is 0 Å². The Bertz CT molecular complexity index is 1020. The van der Waals surface area contributed by atoms with E-state index in [1.807, 2.05) is 0 Å². The summed E-state index contributed by atoms with van der Waals surface area (Å²) in [6.07, 6.45) is 0. The largest absolute Gasteiger partial charge is 0.422 e. The summed E-state index contributed by atoms with van der Waals surface area (Å²) in [4.78, 5) is 24.7. The maximum absolute atomic E-state index is 12.5. The number of carbonyl (C=O) groups excluding carboxylic acids is 1. The first kappa shape index (κ1) is 18.4. The highest BCUT2D eigenvalue weighted by molar-refractivity contribution is 9.10. The zero-order chi connectivity index (χ0) is 18.4. The minimum atomic E-state index is -3.12. The lowest BCUT2D eigenvalue weighted by Gasteiger charge is -2.32. The second-order valence-electron chi connectivity index (χ2n) is 5.82. The molecule has 1 fully saturated rings. The number of amides is 1. The van der Waals surface area contributed by atoms with E-state index in [1.165, 1.54) is 5.01 Å². The molecule has 0 saturated carbocycles.